The monoisotopic (exact) mass is 430 g/mol. The van der Waals surface area contributed by atoms with Crippen LogP contribution in [0, 0.1) is 6.92 Å². The van der Waals surface area contributed by atoms with Crippen molar-refractivity contribution in [2.45, 2.75) is 25.2 Å². The quantitative estimate of drug-likeness (QED) is 0.623. The highest BCUT2D eigenvalue weighted by Crippen LogP contribution is 2.25. The minimum absolute atomic E-state index is 0.119. The molecule has 0 unspecified atom stereocenters. The molecule has 3 aromatic rings. The maximum absolute atomic E-state index is 13.0. The fourth-order valence-electron chi connectivity index (χ4n) is 3.37. The van der Waals surface area contributed by atoms with Crippen LogP contribution in [0.3, 0.4) is 0 Å². The summed E-state index contributed by atoms with van der Waals surface area (Å²) in [6.45, 7) is 3.99. The smallest absolute Gasteiger partial charge is 0.282 e. The third-order valence-electron chi connectivity index (χ3n) is 5.15. The normalized spacial score (nSPS) is 14.8. The molecule has 0 saturated carbocycles. The molecule has 1 N–H and O–H groups in total. The molecule has 1 aliphatic carbocycles. The molecule has 0 heterocycles. The van der Waals surface area contributed by atoms with Crippen LogP contribution in [0.4, 0.5) is 5.69 Å². The fraction of sp³-hybridized carbons (Fsp3) is 0.120. The van der Waals surface area contributed by atoms with Gasteiger partial charge >= 0.3 is 0 Å². The summed E-state index contributed by atoms with van der Waals surface area (Å²) in [4.78, 5) is 13.1. The second kappa shape index (κ2) is 8.32. The van der Waals surface area contributed by atoms with Crippen molar-refractivity contribution in [2.75, 3.05) is 5.32 Å². The van der Waals surface area contributed by atoms with Gasteiger partial charge in [-0.3, -0.25) is 4.79 Å². The number of sulfonamides is 1. The third-order valence-corrected chi connectivity index (χ3v) is 6.46. The Morgan fingerprint density at radius 1 is 0.871 bits per heavy atom. The van der Waals surface area contributed by atoms with Crippen molar-refractivity contribution < 1.29 is 13.2 Å². The number of allylic oxidation sites excluding steroid dienone is 2. The van der Waals surface area contributed by atoms with Gasteiger partial charge in [0.05, 0.1) is 16.3 Å². The fourth-order valence-corrected chi connectivity index (χ4v) is 4.37. The number of benzene rings is 3. The van der Waals surface area contributed by atoms with Crippen LogP contribution in [0.5, 0.6) is 0 Å². The first-order valence-corrected chi connectivity index (χ1v) is 11.4. The molecule has 0 fully saturated rings. The Labute approximate surface area is 182 Å². The number of aryl methyl sites for hydroxylation is 2. The van der Waals surface area contributed by atoms with E-state index in [1.54, 1.807) is 48.5 Å². The zero-order valence-electron chi connectivity index (χ0n) is 17.3. The number of carbonyl (C=O) groups is 1. The molecule has 6 heteroatoms. The van der Waals surface area contributed by atoms with Crippen molar-refractivity contribution in [1.29, 1.82) is 0 Å². The first kappa shape index (κ1) is 20.8. The van der Waals surface area contributed by atoms with E-state index < -0.39 is 10.0 Å². The minimum atomic E-state index is -3.94. The second-order valence-electron chi connectivity index (χ2n) is 7.37. The van der Waals surface area contributed by atoms with Crippen molar-refractivity contribution in [1.82, 2.24) is 0 Å². The summed E-state index contributed by atoms with van der Waals surface area (Å²) in [6, 6.07) is 21.2. The average molecular weight is 431 g/mol. The first-order chi connectivity index (χ1) is 14.9. The highest BCUT2D eigenvalue weighted by molar-refractivity contribution is 7.90. The van der Waals surface area contributed by atoms with Crippen LogP contribution in [0.1, 0.15) is 34.0 Å². The minimum Gasteiger partial charge on any atom is -0.352 e. The van der Waals surface area contributed by atoms with Gasteiger partial charge < -0.3 is 5.32 Å². The lowest BCUT2D eigenvalue weighted by Gasteiger charge is -2.19. The highest BCUT2D eigenvalue weighted by atomic mass is 32.2. The molecule has 0 radical (unpaired) electrons. The zero-order valence-corrected chi connectivity index (χ0v) is 18.1. The molecule has 0 atom stereocenters. The van der Waals surface area contributed by atoms with Crippen molar-refractivity contribution in [2.24, 2.45) is 4.40 Å². The van der Waals surface area contributed by atoms with Gasteiger partial charge in [0, 0.05) is 16.8 Å². The largest absolute Gasteiger partial charge is 0.352 e. The van der Waals surface area contributed by atoms with Crippen LogP contribution in [0.25, 0.3) is 0 Å². The standard InChI is InChI=1S/C25H22N2O3S/c1-3-18-10-14-20(15-11-18)31(29,30)27-23-16-24(26-19-12-8-17(2)9-13-19)25(28)22-7-5-4-6-21(22)23/h4-16,26H,3H2,1-2H3/b27-23+. The van der Waals surface area contributed by atoms with E-state index in [1.807, 2.05) is 38.1 Å². The molecule has 3 aromatic carbocycles. The van der Waals surface area contributed by atoms with E-state index in [0.29, 0.717) is 11.1 Å². The molecule has 1 aliphatic rings. The van der Waals surface area contributed by atoms with Crippen LogP contribution in [-0.2, 0) is 16.4 Å². The summed E-state index contributed by atoms with van der Waals surface area (Å²) in [7, 11) is -3.94. The molecule has 0 amide bonds. The molecule has 4 rings (SSSR count). The summed E-state index contributed by atoms with van der Waals surface area (Å²) in [6.07, 6.45) is 2.32. The van der Waals surface area contributed by atoms with Crippen molar-refractivity contribution in [3.63, 3.8) is 0 Å². The van der Waals surface area contributed by atoms with Crippen molar-refractivity contribution >= 4 is 27.2 Å². The molecule has 0 saturated heterocycles. The summed E-state index contributed by atoms with van der Waals surface area (Å²) >= 11 is 0. The third kappa shape index (κ3) is 4.34. The van der Waals surface area contributed by atoms with Crippen molar-refractivity contribution in [3.8, 4) is 0 Å². The zero-order chi connectivity index (χ0) is 22.0. The van der Waals surface area contributed by atoms with Crippen molar-refractivity contribution in [3.05, 3.63) is 107 Å². The molecular weight excluding hydrogens is 408 g/mol. The molecule has 0 aromatic heterocycles. The van der Waals surface area contributed by atoms with Crippen LogP contribution >= 0.6 is 0 Å². The number of hydrogen-bond acceptors (Lipinski definition) is 4. The second-order valence-corrected chi connectivity index (χ2v) is 8.98. The first-order valence-electron chi connectivity index (χ1n) is 10.0. The number of Topliss-reactive ketones (excluding diaryl/α,β-unsaturated/α-hetero) is 1. The maximum atomic E-state index is 13.0. The van der Waals surface area contributed by atoms with E-state index >= 15 is 0 Å². The summed E-state index contributed by atoms with van der Waals surface area (Å²) in [5, 5.41) is 3.11. The van der Waals surface area contributed by atoms with E-state index in [-0.39, 0.29) is 22.1 Å². The lowest BCUT2D eigenvalue weighted by molar-refractivity contribution is 0.103. The van der Waals surface area contributed by atoms with E-state index in [1.165, 1.54) is 6.08 Å². The van der Waals surface area contributed by atoms with Gasteiger partial charge in [0.1, 0.15) is 0 Å². The number of fused-ring (bicyclic) bond motifs is 1. The Balaban J connectivity index is 1.78. The van der Waals surface area contributed by atoms with E-state index in [2.05, 4.69) is 9.71 Å². The van der Waals surface area contributed by atoms with E-state index in [9.17, 15) is 13.2 Å². The van der Waals surface area contributed by atoms with Gasteiger partial charge in [0.25, 0.3) is 10.0 Å². The number of nitrogens with zero attached hydrogens (tertiary/aromatic N) is 1. The van der Waals surface area contributed by atoms with E-state index in [4.69, 9.17) is 0 Å². The molecule has 156 valence electrons. The molecule has 0 aliphatic heterocycles. The predicted molar refractivity (Wildman–Crippen MR) is 123 cm³/mol. The van der Waals surface area contributed by atoms with Gasteiger partial charge in [-0.1, -0.05) is 61.0 Å². The van der Waals surface area contributed by atoms with Gasteiger partial charge in [0.2, 0.25) is 5.78 Å². The Morgan fingerprint density at radius 2 is 1.52 bits per heavy atom. The number of rotatable bonds is 5. The Bertz CT molecular complexity index is 1300. The molecule has 0 bridgehead atoms. The van der Waals surface area contributed by atoms with Crippen LogP contribution in [-0.4, -0.2) is 19.9 Å². The van der Waals surface area contributed by atoms with Gasteiger partial charge in [-0.25, -0.2) is 0 Å². The Hall–Kier alpha value is -3.51. The lowest BCUT2D eigenvalue weighted by Crippen LogP contribution is -2.22. The molecular formula is C25H22N2O3S. The summed E-state index contributed by atoms with van der Waals surface area (Å²) < 4.78 is 30.0. The average Bonchev–Trinajstić information content (AvgIpc) is 2.78. The SMILES string of the molecule is CCc1ccc(S(=O)(=O)/N=C2\C=C(Nc3ccc(C)cc3)C(=O)c3ccccc32)cc1. The van der Waals surface area contributed by atoms with Gasteiger partial charge in [-0.2, -0.15) is 12.8 Å². The highest BCUT2D eigenvalue weighted by Gasteiger charge is 2.26. The van der Waals surface area contributed by atoms with Crippen LogP contribution in [0.15, 0.2) is 93.9 Å². The van der Waals surface area contributed by atoms with Gasteiger partial charge in [-0.05, 0) is 49.2 Å². The number of nitrogens with one attached hydrogen (secondary N) is 1. The number of hydrogen-bond donors (Lipinski definition) is 1. The predicted octanol–water partition coefficient (Wildman–Crippen LogP) is 4.93. The van der Waals surface area contributed by atoms with Crippen LogP contribution in [0.2, 0.25) is 0 Å². The molecule has 5 nitrogen and oxygen atoms in total. The Kier molecular flexibility index (Phi) is 5.57. The number of ketones is 1. The van der Waals surface area contributed by atoms with Gasteiger partial charge in [0.15, 0.2) is 0 Å². The maximum Gasteiger partial charge on any atom is 0.282 e. The van der Waals surface area contributed by atoms with Crippen LogP contribution < -0.4 is 5.32 Å². The summed E-state index contributed by atoms with van der Waals surface area (Å²) in [5.74, 6) is -0.208. The number of anilines is 1. The number of carbonyl (C=O) groups excluding carboxylic acids is 1. The summed E-state index contributed by atoms with van der Waals surface area (Å²) in [5.41, 5.74) is 4.29. The van der Waals surface area contributed by atoms with E-state index in [0.717, 1.165) is 23.2 Å². The topological polar surface area (TPSA) is 75.6 Å². The lowest BCUT2D eigenvalue weighted by atomic mass is 9.92. The Morgan fingerprint density at radius 3 is 2.16 bits per heavy atom. The molecule has 0 spiro atoms. The van der Waals surface area contributed by atoms with Gasteiger partial charge in [-0.15, -0.1) is 0 Å². The molecule has 31 heavy (non-hydrogen) atoms.